The van der Waals surface area contributed by atoms with Crippen molar-refractivity contribution >= 4 is 42.2 Å². The van der Waals surface area contributed by atoms with Gasteiger partial charge in [-0.3, -0.25) is 19.2 Å². The van der Waals surface area contributed by atoms with Gasteiger partial charge in [0.15, 0.2) is 0 Å². The first-order chi connectivity index (χ1) is 16.3. The number of carbonyl (C=O) groups is 5. The van der Waals surface area contributed by atoms with Gasteiger partial charge in [-0.2, -0.15) is 12.6 Å². The molecule has 0 aromatic heterocycles. The summed E-state index contributed by atoms with van der Waals surface area (Å²) in [6, 6.07) is 0.396. The number of carbonyl (C=O) groups excluding carboxylic acids is 4. The SMILES string of the molecule is CC(O)C(NC(=O)C(N)CCC(N)=O)C(=O)NC(Cc1ccc(O)cc1)C(=O)NC(CS)C(=O)O. The van der Waals surface area contributed by atoms with Crippen LogP contribution in [0.3, 0.4) is 0 Å². The van der Waals surface area contributed by atoms with Gasteiger partial charge in [-0.15, -0.1) is 0 Å². The molecule has 5 atom stereocenters. The van der Waals surface area contributed by atoms with Gasteiger partial charge in [-0.1, -0.05) is 12.1 Å². The Hall–Kier alpha value is -3.36. The smallest absolute Gasteiger partial charge is 0.327 e. The zero-order valence-corrected chi connectivity index (χ0v) is 19.9. The number of benzene rings is 1. The standard InChI is InChI=1S/C21H31N5O8S/c1-10(27)17(26-18(30)13(22)6-7-16(23)29)20(32)24-14(8-11-2-4-12(28)5-3-11)19(31)25-15(9-35)21(33)34/h2-5,10,13-15,17,27-28,35H,6-9,22H2,1H3,(H2,23,29)(H,24,32)(H,25,31)(H,26,30)(H,33,34). The molecule has 1 aromatic carbocycles. The number of carboxylic acid groups (broad SMARTS) is 1. The van der Waals surface area contributed by atoms with E-state index in [1.54, 1.807) is 0 Å². The molecule has 35 heavy (non-hydrogen) atoms. The lowest BCUT2D eigenvalue weighted by Gasteiger charge is -2.26. The van der Waals surface area contributed by atoms with Crippen molar-refractivity contribution in [2.45, 2.75) is 56.5 Å². The molecule has 5 unspecified atom stereocenters. The number of rotatable bonds is 14. The number of aliphatic carboxylic acids is 1. The molecule has 1 rings (SSSR count). The number of aliphatic hydroxyl groups is 1. The summed E-state index contributed by atoms with van der Waals surface area (Å²) in [5, 5.41) is 35.7. The molecule has 0 bridgehead atoms. The van der Waals surface area contributed by atoms with Gasteiger partial charge in [-0.25, -0.2) is 4.79 Å². The van der Waals surface area contributed by atoms with Crippen LogP contribution in [0.25, 0.3) is 0 Å². The van der Waals surface area contributed by atoms with E-state index in [9.17, 15) is 39.3 Å². The fourth-order valence-corrected chi connectivity index (χ4v) is 3.14. The lowest BCUT2D eigenvalue weighted by Crippen LogP contribution is -2.60. The van der Waals surface area contributed by atoms with Crippen LogP contribution in [-0.4, -0.2) is 80.9 Å². The lowest BCUT2D eigenvalue weighted by molar-refractivity contribution is -0.141. The molecule has 10 N–H and O–H groups in total. The van der Waals surface area contributed by atoms with Gasteiger partial charge in [0.05, 0.1) is 12.1 Å². The second kappa shape index (κ2) is 14.1. The van der Waals surface area contributed by atoms with Crippen LogP contribution >= 0.6 is 12.6 Å². The minimum atomic E-state index is -1.52. The average Bonchev–Trinajstić information content (AvgIpc) is 2.79. The van der Waals surface area contributed by atoms with Crippen LogP contribution in [0.2, 0.25) is 0 Å². The van der Waals surface area contributed by atoms with E-state index in [1.165, 1.54) is 31.2 Å². The van der Waals surface area contributed by atoms with E-state index in [2.05, 4.69) is 28.6 Å². The lowest BCUT2D eigenvalue weighted by atomic mass is 10.0. The molecule has 14 heteroatoms. The van der Waals surface area contributed by atoms with E-state index in [0.29, 0.717) is 5.56 Å². The van der Waals surface area contributed by atoms with E-state index in [0.717, 1.165) is 0 Å². The summed E-state index contributed by atoms with van der Waals surface area (Å²) in [5.74, 6) is -4.84. The molecule has 0 aliphatic rings. The molecule has 0 aliphatic carbocycles. The van der Waals surface area contributed by atoms with Gasteiger partial charge >= 0.3 is 5.97 Å². The summed E-state index contributed by atoms with van der Waals surface area (Å²) in [7, 11) is 0. The molecule has 0 fully saturated rings. The van der Waals surface area contributed by atoms with Crippen molar-refractivity contribution < 1.29 is 39.3 Å². The topological polar surface area (TPSA) is 234 Å². The van der Waals surface area contributed by atoms with Gasteiger partial charge in [0, 0.05) is 18.6 Å². The summed E-state index contributed by atoms with van der Waals surface area (Å²) in [6.45, 7) is 1.23. The fourth-order valence-electron chi connectivity index (χ4n) is 2.89. The summed E-state index contributed by atoms with van der Waals surface area (Å²) in [6.07, 6.45) is -1.74. The van der Waals surface area contributed by atoms with E-state index in [1.807, 2.05) is 0 Å². The molecular weight excluding hydrogens is 482 g/mol. The van der Waals surface area contributed by atoms with Crippen molar-refractivity contribution in [1.29, 1.82) is 0 Å². The maximum Gasteiger partial charge on any atom is 0.327 e. The van der Waals surface area contributed by atoms with E-state index >= 15 is 0 Å². The largest absolute Gasteiger partial charge is 0.508 e. The summed E-state index contributed by atoms with van der Waals surface area (Å²) in [4.78, 5) is 60.2. The molecule has 0 aliphatic heterocycles. The third kappa shape index (κ3) is 10.2. The summed E-state index contributed by atoms with van der Waals surface area (Å²) in [5.41, 5.74) is 11.2. The molecular formula is C21H31N5O8S. The molecule has 0 radical (unpaired) electrons. The van der Waals surface area contributed by atoms with Crippen LogP contribution in [0.15, 0.2) is 24.3 Å². The van der Waals surface area contributed by atoms with Crippen LogP contribution in [0.4, 0.5) is 0 Å². The predicted molar refractivity (Wildman–Crippen MR) is 127 cm³/mol. The second-order valence-electron chi connectivity index (χ2n) is 7.85. The van der Waals surface area contributed by atoms with Gasteiger partial charge in [0.1, 0.15) is 23.9 Å². The maximum absolute atomic E-state index is 12.9. The van der Waals surface area contributed by atoms with Gasteiger partial charge in [-0.05, 0) is 31.0 Å². The van der Waals surface area contributed by atoms with Crippen LogP contribution < -0.4 is 27.4 Å². The Morgan fingerprint density at radius 3 is 2.03 bits per heavy atom. The monoisotopic (exact) mass is 513 g/mol. The van der Waals surface area contributed by atoms with Crippen LogP contribution in [-0.2, 0) is 30.4 Å². The van der Waals surface area contributed by atoms with Gasteiger partial charge in [0.2, 0.25) is 23.6 Å². The number of phenols is 1. The van der Waals surface area contributed by atoms with Gasteiger partial charge < -0.3 is 42.7 Å². The number of nitrogens with two attached hydrogens (primary N) is 2. The second-order valence-corrected chi connectivity index (χ2v) is 8.22. The Labute approximate surface area is 207 Å². The molecule has 1 aromatic rings. The molecule has 194 valence electrons. The first kappa shape index (κ1) is 29.7. The molecule has 0 saturated heterocycles. The summed E-state index contributed by atoms with van der Waals surface area (Å²) < 4.78 is 0. The number of aromatic hydroxyl groups is 1. The first-order valence-corrected chi connectivity index (χ1v) is 11.2. The van der Waals surface area contributed by atoms with Crippen molar-refractivity contribution in [3.8, 4) is 5.75 Å². The molecule has 0 saturated carbocycles. The number of hydrogen-bond donors (Lipinski definition) is 9. The van der Waals surface area contributed by atoms with Crippen molar-refractivity contribution in [2.24, 2.45) is 11.5 Å². The van der Waals surface area contributed by atoms with E-state index < -0.39 is 59.9 Å². The molecule has 13 nitrogen and oxygen atoms in total. The molecule has 4 amide bonds. The van der Waals surface area contributed by atoms with Crippen molar-refractivity contribution in [2.75, 3.05) is 5.75 Å². The number of hydrogen-bond acceptors (Lipinski definition) is 9. The Morgan fingerprint density at radius 2 is 1.54 bits per heavy atom. The highest BCUT2D eigenvalue weighted by molar-refractivity contribution is 7.80. The highest BCUT2D eigenvalue weighted by Gasteiger charge is 2.32. The fraction of sp³-hybridized carbons (Fsp3) is 0.476. The minimum absolute atomic E-state index is 0.0237. The zero-order chi connectivity index (χ0) is 26.7. The number of nitrogens with one attached hydrogen (secondary N) is 3. The predicted octanol–water partition coefficient (Wildman–Crippen LogP) is -2.62. The van der Waals surface area contributed by atoms with Crippen molar-refractivity contribution in [1.82, 2.24) is 16.0 Å². The number of aliphatic hydroxyl groups excluding tert-OH is 1. The highest BCUT2D eigenvalue weighted by Crippen LogP contribution is 2.12. The Balaban J connectivity index is 3.05. The van der Waals surface area contributed by atoms with Crippen LogP contribution in [0.1, 0.15) is 25.3 Å². The van der Waals surface area contributed by atoms with Crippen molar-refractivity contribution in [3.63, 3.8) is 0 Å². The summed E-state index contributed by atoms with van der Waals surface area (Å²) >= 11 is 3.89. The number of phenolic OH excluding ortho intramolecular Hbond substituents is 1. The van der Waals surface area contributed by atoms with Crippen LogP contribution in [0.5, 0.6) is 5.75 Å². The minimum Gasteiger partial charge on any atom is -0.508 e. The third-order valence-electron chi connectivity index (χ3n) is 4.91. The number of amides is 4. The van der Waals surface area contributed by atoms with Crippen molar-refractivity contribution in [3.05, 3.63) is 29.8 Å². The Morgan fingerprint density at radius 1 is 0.971 bits per heavy atom. The third-order valence-corrected chi connectivity index (χ3v) is 5.27. The average molecular weight is 514 g/mol. The normalized spacial score (nSPS) is 15.1. The Kier molecular flexibility index (Phi) is 12.0. The zero-order valence-electron chi connectivity index (χ0n) is 19.0. The van der Waals surface area contributed by atoms with E-state index in [-0.39, 0.29) is 30.8 Å². The number of carboxylic acids is 1. The maximum atomic E-state index is 12.9. The molecule has 0 heterocycles. The quantitative estimate of drug-likeness (QED) is 0.118. The first-order valence-electron chi connectivity index (χ1n) is 10.6. The highest BCUT2D eigenvalue weighted by atomic mass is 32.1. The molecule has 0 spiro atoms. The van der Waals surface area contributed by atoms with Gasteiger partial charge in [0.25, 0.3) is 0 Å². The van der Waals surface area contributed by atoms with Crippen LogP contribution in [0, 0.1) is 0 Å². The number of thiol groups is 1. The Bertz CT molecular complexity index is 911. The van der Waals surface area contributed by atoms with E-state index in [4.69, 9.17) is 11.5 Å². The number of primary amides is 1.